The zero-order valence-corrected chi connectivity index (χ0v) is 8.57. The minimum Gasteiger partial charge on any atom is -0.360 e. The van der Waals surface area contributed by atoms with E-state index in [2.05, 4.69) is 33.1 Å². The lowest BCUT2D eigenvalue weighted by Gasteiger charge is -2.07. The van der Waals surface area contributed by atoms with Crippen LogP contribution in [0.2, 0.25) is 0 Å². The highest BCUT2D eigenvalue weighted by Gasteiger charge is 2.09. The molecule has 11 heavy (non-hydrogen) atoms. The summed E-state index contributed by atoms with van der Waals surface area (Å²) in [6.07, 6.45) is 0.974. The minimum atomic E-state index is 0.960. The number of aromatic nitrogens is 2. The SMILES string of the molecule is CCc1[nH]nc(N(C)C)c1Br. The van der Waals surface area contributed by atoms with Gasteiger partial charge in [-0.15, -0.1) is 0 Å². The number of nitrogens with zero attached hydrogens (tertiary/aromatic N) is 2. The molecule has 1 aromatic rings. The van der Waals surface area contributed by atoms with E-state index in [0.29, 0.717) is 0 Å². The summed E-state index contributed by atoms with van der Waals surface area (Å²) < 4.78 is 1.07. The fourth-order valence-corrected chi connectivity index (χ4v) is 1.70. The zero-order chi connectivity index (χ0) is 8.43. The summed E-state index contributed by atoms with van der Waals surface area (Å²) >= 11 is 3.48. The number of H-pyrrole nitrogens is 1. The molecule has 1 heterocycles. The number of anilines is 1. The summed E-state index contributed by atoms with van der Waals surface area (Å²) in [5.74, 6) is 0.960. The number of hydrogen-bond donors (Lipinski definition) is 1. The fraction of sp³-hybridized carbons (Fsp3) is 0.571. The second kappa shape index (κ2) is 3.26. The minimum absolute atomic E-state index is 0.960. The van der Waals surface area contributed by atoms with Crippen LogP contribution < -0.4 is 4.90 Å². The normalized spacial score (nSPS) is 10.2. The lowest BCUT2D eigenvalue weighted by Crippen LogP contribution is -2.09. The Bertz CT molecular complexity index is 242. The van der Waals surface area contributed by atoms with Crippen molar-refractivity contribution in [3.63, 3.8) is 0 Å². The standard InChI is InChI=1S/C7H12BrN3/c1-4-5-6(8)7(10-9-5)11(2)3/h4H2,1-3H3,(H,9,10). The van der Waals surface area contributed by atoms with Crippen molar-refractivity contribution < 1.29 is 0 Å². The molecule has 1 N–H and O–H groups in total. The van der Waals surface area contributed by atoms with Crippen molar-refractivity contribution in [2.45, 2.75) is 13.3 Å². The van der Waals surface area contributed by atoms with Crippen molar-refractivity contribution in [2.75, 3.05) is 19.0 Å². The van der Waals surface area contributed by atoms with Gasteiger partial charge >= 0.3 is 0 Å². The van der Waals surface area contributed by atoms with Crippen molar-refractivity contribution >= 4 is 21.7 Å². The topological polar surface area (TPSA) is 31.9 Å². The van der Waals surface area contributed by atoms with Crippen molar-refractivity contribution in [1.82, 2.24) is 10.2 Å². The van der Waals surface area contributed by atoms with Crippen molar-refractivity contribution in [3.8, 4) is 0 Å². The van der Waals surface area contributed by atoms with Crippen LogP contribution >= 0.6 is 15.9 Å². The number of rotatable bonds is 2. The van der Waals surface area contributed by atoms with Crippen LogP contribution in [0.4, 0.5) is 5.82 Å². The van der Waals surface area contributed by atoms with Crippen LogP contribution in [0.1, 0.15) is 12.6 Å². The van der Waals surface area contributed by atoms with Crippen molar-refractivity contribution in [2.24, 2.45) is 0 Å². The van der Waals surface area contributed by atoms with Gasteiger partial charge in [-0.05, 0) is 22.4 Å². The summed E-state index contributed by atoms with van der Waals surface area (Å²) in [6.45, 7) is 2.09. The van der Waals surface area contributed by atoms with Gasteiger partial charge < -0.3 is 4.90 Å². The molecule has 0 bridgehead atoms. The second-order valence-electron chi connectivity index (χ2n) is 2.59. The van der Waals surface area contributed by atoms with Crippen LogP contribution in [-0.2, 0) is 6.42 Å². The molecule has 0 spiro atoms. The van der Waals surface area contributed by atoms with Gasteiger partial charge in [0.2, 0.25) is 0 Å². The molecule has 3 nitrogen and oxygen atoms in total. The van der Waals surface area contributed by atoms with E-state index in [9.17, 15) is 0 Å². The van der Waals surface area contributed by atoms with Crippen molar-refractivity contribution in [1.29, 1.82) is 0 Å². The molecule has 0 aliphatic carbocycles. The van der Waals surface area contributed by atoms with Gasteiger partial charge in [0.05, 0.1) is 10.2 Å². The highest BCUT2D eigenvalue weighted by atomic mass is 79.9. The number of hydrogen-bond acceptors (Lipinski definition) is 2. The Kier molecular flexibility index (Phi) is 2.54. The van der Waals surface area contributed by atoms with Gasteiger partial charge in [0.25, 0.3) is 0 Å². The van der Waals surface area contributed by atoms with Gasteiger partial charge in [0, 0.05) is 14.1 Å². The first kappa shape index (κ1) is 8.59. The van der Waals surface area contributed by atoms with E-state index in [1.807, 2.05) is 19.0 Å². The number of aromatic amines is 1. The lowest BCUT2D eigenvalue weighted by atomic mass is 10.3. The third-order valence-corrected chi connectivity index (χ3v) is 2.37. The molecule has 0 radical (unpaired) electrons. The van der Waals surface area contributed by atoms with E-state index < -0.39 is 0 Å². The number of nitrogens with one attached hydrogen (secondary N) is 1. The Morgan fingerprint density at radius 1 is 1.55 bits per heavy atom. The highest BCUT2D eigenvalue weighted by Crippen LogP contribution is 2.25. The number of halogens is 1. The Hall–Kier alpha value is -0.510. The molecule has 0 aromatic carbocycles. The molecule has 0 saturated heterocycles. The molecular weight excluding hydrogens is 206 g/mol. The molecule has 0 atom stereocenters. The Morgan fingerprint density at radius 3 is 2.45 bits per heavy atom. The van der Waals surface area contributed by atoms with E-state index in [-0.39, 0.29) is 0 Å². The molecule has 0 amide bonds. The summed E-state index contributed by atoms with van der Waals surface area (Å²) in [5.41, 5.74) is 1.15. The van der Waals surface area contributed by atoms with Crippen LogP contribution in [0, 0.1) is 0 Å². The van der Waals surface area contributed by atoms with E-state index in [0.717, 1.165) is 22.4 Å². The molecule has 0 aliphatic rings. The Morgan fingerprint density at radius 2 is 2.18 bits per heavy atom. The van der Waals surface area contributed by atoms with Crippen molar-refractivity contribution in [3.05, 3.63) is 10.2 Å². The first-order valence-corrected chi connectivity index (χ1v) is 4.36. The number of aryl methyl sites for hydroxylation is 1. The maximum absolute atomic E-state index is 4.14. The van der Waals surface area contributed by atoms with Gasteiger partial charge in [-0.3, -0.25) is 5.10 Å². The molecule has 1 aromatic heterocycles. The van der Waals surface area contributed by atoms with Crippen LogP contribution in [-0.4, -0.2) is 24.3 Å². The fourth-order valence-electron chi connectivity index (χ4n) is 0.884. The summed E-state index contributed by atoms with van der Waals surface area (Å²) in [4.78, 5) is 1.97. The van der Waals surface area contributed by atoms with Gasteiger partial charge in [-0.25, -0.2) is 0 Å². The Labute approximate surface area is 74.9 Å². The summed E-state index contributed by atoms with van der Waals surface area (Å²) in [6, 6.07) is 0. The van der Waals surface area contributed by atoms with Gasteiger partial charge in [-0.2, -0.15) is 5.10 Å². The summed E-state index contributed by atoms with van der Waals surface area (Å²) in [5, 5.41) is 7.11. The van der Waals surface area contributed by atoms with Crippen LogP contribution in [0.25, 0.3) is 0 Å². The predicted molar refractivity (Wildman–Crippen MR) is 50.0 cm³/mol. The molecule has 0 unspecified atom stereocenters. The third-order valence-electron chi connectivity index (χ3n) is 1.54. The Balaban J connectivity index is 3.00. The predicted octanol–water partition coefficient (Wildman–Crippen LogP) is 1.80. The van der Waals surface area contributed by atoms with E-state index in [1.165, 1.54) is 0 Å². The van der Waals surface area contributed by atoms with E-state index in [1.54, 1.807) is 0 Å². The summed E-state index contributed by atoms with van der Waals surface area (Å²) in [7, 11) is 3.95. The molecule has 62 valence electrons. The maximum Gasteiger partial charge on any atom is 0.164 e. The van der Waals surface area contributed by atoms with Crippen LogP contribution in [0.3, 0.4) is 0 Å². The largest absolute Gasteiger partial charge is 0.360 e. The first-order chi connectivity index (χ1) is 5.16. The quantitative estimate of drug-likeness (QED) is 0.820. The van der Waals surface area contributed by atoms with Crippen LogP contribution in [0.15, 0.2) is 4.47 Å². The smallest absolute Gasteiger partial charge is 0.164 e. The molecule has 4 heteroatoms. The average molecular weight is 218 g/mol. The second-order valence-corrected chi connectivity index (χ2v) is 3.38. The molecule has 1 rings (SSSR count). The van der Waals surface area contributed by atoms with Gasteiger partial charge in [-0.1, -0.05) is 6.92 Å². The van der Waals surface area contributed by atoms with E-state index >= 15 is 0 Å². The molecular formula is C7H12BrN3. The monoisotopic (exact) mass is 217 g/mol. The van der Waals surface area contributed by atoms with Gasteiger partial charge in [0.15, 0.2) is 5.82 Å². The third kappa shape index (κ3) is 1.56. The lowest BCUT2D eigenvalue weighted by molar-refractivity contribution is 0.957. The highest BCUT2D eigenvalue weighted by molar-refractivity contribution is 9.10. The molecule has 0 saturated carbocycles. The zero-order valence-electron chi connectivity index (χ0n) is 6.98. The molecule has 0 aliphatic heterocycles. The average Bonchev–Trinajstić information content (AvgIpc) is 2.30. The molecule has 0 fully saturated rings. The maximum atomic E-state index is 4.14. The van der Waals surface area contributed by atoms with Crippen LogP contribution in [0.5, 0.6) is 0 Å². The first-order valence-electron chi connectivity index (χ1n) is 3.56. The van der Waals surface area contributed by atoms with E-state index in [4.69, 9.17) is 0 Å². The van der Waals surface area contributed by atoms with Gasteiger partial charge in [0.1, 0.15) is 0 Å².